The zero-order valence-corrected chi connectivity index (χ0v) is 29.0. The lowest BCUT2D eigenvalue weighted by Crippen LogP contribution is -2.52. The van der Waals surface area contributed by atoms with Crippen LogP contribution in [0.25, 0.3) is 0 Å². The Hall–Kier alpha value is -1.22. The van der Waals surface area contributed by atoms with Crippen molar-refractivity contribution >= 4 is 11.9 Å². The van der Waals surface area contributed by atoms with E-state index in [0.29, 0.717) is 48.4 Å². The Balaban J connectivity index is 5.27. The van der Waals surface area contributed by atoms with Crippen LogP contribution in [0, 0.1) is 21.7 Å². The summed E-state index contributed by atoms with van der Waals surface area (Å²) >= 11 is 0. The molecule has 8 heteroatoms. The molecule has 0 aliphatic heterocycles. The molecule has 0 unspecified atom stereocenters. The number of ether oxygens (including phenoxy) is 2. The van der Waals surface area contributed by atoms with Gasteiger partial charge in [0.15, 0.2) is 0 Å². The van der Waals surface area contributed by atoms with Gasteiger partial charge in [-0.25, -0.2) is 0 Å². The van der Waals surface area contributed by atoms with Crippen LogP contribution in [0.15, 0.2) is 0 Å². The highest BCUT2D eigenvalue weighted by atomic mass is 16.5. The van der Waals surface area contributed by atoms with E-state index < -0.39 is 0 Å². The molecule has 0 saturated heterocycles. The summed E-state index contributed by atoms with van der Waals surface area (Å²) in [4.78, 5) is 25.6. The van der Waals surface area contributed by atoms with Crippen LogP contribution in [0.2, 0.25) is 0 Å². The van der Waals surface area contributed by atoms with Crippen LogP contribution in [-0.2, 0) is 19.1 Å². The molecule has 41 heavy (non-hydrogen) atoms. The summed E-state index contributed by atoms with van der Waals surface area (Å²) in [6, 6.07) is 0. The fraction of sp³-hybridized carbons (Fsp3) is 0.939. The molecule has 0 heterocycles. The SMILES string of the molecule is CC(C)(C)CC(C)(C)COC(=O)CC[N+](C)(CCC[N+](C)(CCO)CCO)CCC(=O)OCC(C)(C)CC(C)(C)C. The molecule has 244 valence electrons. The van der Waals surface area contributed by atoms with Crippen LogP contribution in [0.3, 0.4) is 0 Å². The summed E-state index contributed by atoms with van der Waals surface area (Å²) in [6.45, 7) is 26.5. The van der Waals surface area contributed by atoms with E-state index in [1.165, 1.54) is 0 Å². The van der Waals surface area contributed by atoms with Crippen LogP contribution in [0.1, 0.15) is 101 Å². The van der Waals surface area contributed by atoms with E-state index in [9.17, 15) is 19.8 Å². The predicted octanol–water partition coefficient (Wildman–Crippen LogP) is 5.05. The maximum Gasteiger partial charge on any atom is 0.311 e. The molecule has 0 spiro atoms. The highest BCUT2D eigenvalue weighted by Crippen LogP contribution is 2.34. The third kappa shape index (κ3) is 20.3. The minimum atomic E-state index is -0.205. The second kappa shape index (κ2) is 16.6. The number of nitrogens with zero attached hydrogens (tertiary/aromatic N) is 2. The molecule has 2 N–H and O–H groups in total. The summed E-state index contributed by atoms with van der Waals surface area (Å²) in [5.74, 6) is -0.409. The molecule has 0 radical (unpaired) electrons. The zero-order chi connectivity index (χ0) is 32.2. The molecule has 0 saturated carbocycles. The third-order valence-corrected chi connectivity index (χ3v) is 7.65. The molecular formula is C33H68N2O6+2. The lowest BCUT2D eigenvalue weighted by molar-refractivity contribution is -0.927. The van der Waals surface area contributed by atoms with E-state index in [4.69, 9.17) is 9.47 Å². The number of carbonyl (C=O) groups is 2. The van der Waals surface area contributed by atoms with Gasteiger partial charge in [-0.2, -0.15) is 0 Å². The van der Waals surface area contributed by atoms with Crippen molar-refractivity contribution in [3.8, 4) is 0 Å². The first-order valence-electron chi connectivity index (χ1n) is 15.6. The number of quaternary nitrogens is 2. The number of aliphatic hydroxyl groups is 2. The molecule has 0 rings (SSSR count). The smallest absolute Gasteiger partial charge is 0.311 e. The quantitative estimate of drug-likeness (QED) is 0.153. The Bertz CT molecular complexity index is 726. The van der Waals surface area contributed by atoms with Gasteiger partial charge in [0, 0.05) is 6.42 Å². The van der Waals surface area contributed by atoms with Gasteiger partial charge in [-0.15, -0.1) is 0 Å². The number of likely N-dealkylation sites (N-methyl/N-ethyl adjacent to an activating group) is 1. The van der Waals surface area contributed by atoms with Gasteiger partial charge >= 0.3 is 11.9 Å². The van der Waals surface area contributed by atoms with Crippen molar-refractivity contribution in [1.29, 1.82) is 0 Å². The van der Waals surface area contributed by atoms with Crippen LogP contribution < -0.4 is 0 Å². The molecular weight excluding hydrogens is 520 g/mol. The summed E-state index contributed by atoms with van der Waals surface area (Å²) < 4.78 is 12.6. The molecule has 0 aromatic heterocycles. The highest BCUT2D eigenvalue weighted by Gasteiger charge is 2.31. The molecule has 0 aliphatic carbocycles. The lowest BCUT2D eigenvalue weighted by Gasteiger charge is -2.37. The number of hydrogen-bond acceptors (Lipinski definition) is 6. The number of aliphatic hydroxyl groups excluding tert-OH is 2. The lowest BCUT2D eigenvalue weighted by atomic mass is 9.77. The second-order valence-electron chi connectivity index (χ2n) is 17.0. The number of rotatable bonds is 20. The van der Waals surface area contributed by atoms with Crippen molar-refractivity contribution in [3.63, 3.8) is 0 Å². The predicted molar refractivity (Wildman–Crippen MR) is 167 cm³/mol. The topological polar surface area (TPSA) is 93.1 Å². The molecule has 0 atom stereocenters. The Kier molecular flexibility index (Phi) is 16.1. The molecule has 8 nitrogen and oxygen atoms in total. The van der Waals surface area contributed by atoms with Crippen molar-refractivity contribution in [3.05, 3.63) is 0 Å². The standard InChI is InChI=1S/C33H68N2O6/c1-30(2,3)24-32(7,8)26-40-28(38)14-18-34(11,16-13-17-35(12,20-22-36)21-23-37)19-15-29(39)41-27-33(9,10)25-31(4,5)6/h36-37H,13-27H2,1-12H3/q+2. The molecule has 0 aliphatic rings. The van der Waals surface area contributed by atoms with Gasteiger partial charge in [-0.05, 0) is 34.5 Å². The minimum Gasteiger partial charge on any atom is -0.465 e. The number of carbonyl (C=O) groups excluding carboxylic acids is 2. The van der Waals surface area contributed by atoms with Crippen molar-refractivity contribution in [2.45, 2.75) is 101 Å². The Morgan fingerprint density at radius 1 is 0.561 bits per heavy atom. The highest BCUT2D eigenvalue weighted by molar-refractivity contribution is 5.70. The van der Waals surface area contributed by atoms with Gasteiger partial charge in [0.05, 0.1) is 79.5 Å². The Morgan fingerprint density at radius 2 is 0.878 bits per heavy atom. The second-order valence-corrected chi connectivity index (χ2v) is 17.0. The number of hydrogen-bond donors (Lipinski definition) is 2. The van der Waals surface area contributed by atoms with Crippen molar-refractivity contribution in [2.75, 3.05) is 79.8 Å². The van der Waals surface area contributed by atoms with E-state index >= 15 is 0 Å². The normalized spacial score (nSPS) is 13.8. The van der Waals surface area contributed by atoms with Gasteiger partial charge in [0.1, 0.15) is 13.1 Å². The van der Waals surface area contributed by atoms with Crippen molar-refractivity contribution in [2.24, 2.45) is 21.7 Å². The largest absolute Gasteiger partial charge is 0.465 e. The Labute approximate surface area is 252 Å². The van der Waals surface area contributed by atoms with E-state index in [-0.39, 0.29) is 59.7 Å². The van der Waals surface area contributed by atoms with Gasteiger partial charge in [0.25, 0.3) is 0 Å². The maximum absolute atomic E-state index is 12.8. The average Bonchev–Trinajstić information content (AvgIpc) is 2.76. The van der Waals surface area contributed by atoms with E-state index in [0.717, 1.165) is 32.4 Å². The van der Waals surface area contributed by atoms with E-state index in [1.54, 1.807) is 0 Å². The van der Waals surface area contributed by atoms with Gasteiger partial charge in [-0.1, -0.05) is 69.2 Å². The molecule has 0 aromatic carbocycles. The summed E-state index contributed by atoms with van der Waals surface area (Å²) in [6.07, 6.45) is 3.32. The summed E-state index contributed by atoms with van der Waals surface area (Å²) in [5, 5.41) is 19.0. The molecule has 0 aromatic rings. The third-order valence-electron chi connectivity index (χ3n) is 7.65. The minimum absolute atomic E-state index is 0.0669. The molecule has 0 amide bonds. The van der Waals surface area contributed by atoms with Crippen molar-refractivity contribution < 1.29 is 38.2 Å². The maximum atomic E-state index is 12.8. The van der Waals surface area contributed by atoms with Gasteiger partial charge < -0.3 is 28.7 Å². The fourth-order valence-electron chi connectivity index (χ4n) is 6.38. The van der Waals surface area contributed by atoms with Crippen LogP contribution in [0.4, 0.5) is 0 Å². The molecule has 0 bridgehead atoms. The Morgan fingerprint density at radius 3 is 1.17 bits per heavy atom. The first-order valence-corrected chi connectivity index (χ1v) is 15.6. The van der Waals surface area contributed by atoms with Crippen LogP contribution >= 0.6 is 0 Å². The molecule has 0 fully saturated rings. The van der Waals surface area contributed by atoms with Gasteiger partial charge in [-0.3, -0.25) is 9.59 Å². The fourth-order valence-corrected chi connectivity index (χ4v) is 6.38. The summed E-state index contributed by atoms with van der Waals surface area (Å²) in [5.41, 5.74) is 0.110. The first-order chi connectivity index (χ1) is 18.4. The number of esters is 2. The summed E-state index contributed by atoms with van der Waals surface area (Å²) in [7, 11) is 4.14. The van der Waals surface area contributed by atoms with E-state index in [2.05, 4.69) is 76.3 Å². The zero-order valence-electron chi connectivity index (χ0n) is 29.0. The van der Waals surface area contributed by atoms with Crippen LogP contribution in [0.5, 0.6) is 0 Å². The van der Waals surface area contributed by atoms with Crippen LogP contribution in [-0.4, -0.2) is 111 Å². The first kappa shape index (κ1) is 39.8. The van der Waals surface area contributed by atoms with E-state index in [1.807, 2.05) is 7.05 Å². The van der Waals surface area contributed by atoms with Crippen molar-refractivity contribution in [1.82, 2.24) is 0 Å². The average molecular weight is 589 g/mol. The van der Waals surface area contributed by atoms with Gasteiger partial charge in [0.2, 0.25) is 0 Å². The monoisotopic (exact) mass is 589 g/mol.